The number of nitrogens with zero attached hydrogens (tertiary/aromatic N) is 3. The van der Waals surface area contributed by atoms with Crippen LogP contribution in [0.5, 0.6) is 0 Å². The van der Waals surface area contributed by atoms with E-state index in [1.165, 1.54) is 0 Å². The van der Waals surface area contributed by atoms with Crippen molar-refractivity contribution in [3.8, 4) is 0 Å². The monoisotopic (exact) mass is 439 g/mol. The van der Waals surface area contributed by atoms with Gasteiger partial charge in [-0.25, -0.2) is 0 Å². The SMILES string of the molecule is CC.O=C1CCC(N2C(=O)C3(CC3)c3c(N4CCN(C5CNC5)CC4)cccc32)C(=O)N1. The minimum atomic E-state index is -0.591. The summed E-state index contributed by atoms with van der Waals surface area (Å²) in [5.41, 5.74) is 2.66. The van der Waals surface area contributed by atoms with Gasteiger partial charge < -0.3 is 10.2 Å². The standard InChI is InChI=1S/C22H27N5O3.C2H6/c28-18-5-4-17(20(29)24-18)27-16-3-1-2-15(19(16)22(6-7-22)21(27)30)26-10-8-25(9-11-26)14-12-23-13-14;1-2/h1-3,14,17,23H,4-13H2,(H,24,28,29);1-2H3. The summed E-state index contributed by atoms with van der Waals surface area (Å²) in [6.45, 7) is 10.1. The van der Waals surface area contributed by atoms with E-state index in [1.807, 2.05) is 26.0 Å². The molecule has 32 heavy (non-hydrogen) atoms. The van der Waals surface area contributed by atoms with Gasteiger partial charge in [0.15, 0.2) is 0 Å². The molecule has 0 radical (unpaired) electrons. The predicted octanol–water partition coefficient (Wildman–Crippen LogP) is 0.990. The fourth-order valence-electron chi connectivity index (χ4n) is 5.62. The first-order valence-electron chi connectivity index (χ1n) is 12.1. The van der Waals surface area contributed by atoms with Crippen LogP contribution in [0.15, 0.2) is 18.2 Å². The predicted molar refractivity (Wildman–Crippen MR) is 123 cm³/mol. The smallest absolute Gasteiger partial charge is 0.249 e. The van der Waals surface area contributed by atoms with Crippen molar-refractivity contribution in [3.05, 3.63) is 23.8 Å². The van der Waals surface area contributed by atoms with Crippen LogP contribution in [0.1, 0.15) is 45.1 Å². The zero-order valence-electron chi connectivity index (χ0n) is 19.0. The summed E-state index contributed by atoms with van der Waals surface area (Å²) < 4.78 is 0. The average molecular weight is 440 g/mol. The van der Waals surface area contributed by atoms with Crippen LogP contribution in [0.4, 0.5) is 11.4 Å². The highest BCUT2D eigenvalue weighted by molar-refractivity contribution is 6.16. The first kappa shape index (κ1) is 21.4. The molecule has 0 bridgehead atoms. The molecule has 1 aromatic carbocycles. The average Bonchev–Trinajstić information content (AvgIpc) is 3.53. The fraction of sp³-hybridized carbons (Fsp3) is 0.625. The van der Waals surface area contributed by atoms with Gasteiger partial charge in [0.1, 0.15) is 6.04 Å². The van der Waals surface area contributed by atoms with Crippen molar-refractivity contribution in [1.82, 2.24) is 15.5 Å². The minimum Gasteiger partial charge on any atom is -0.369 e. The molecule has 1 saturated carbocycles. The Bertz CT molecular complexity index is 932. The fourth-order valence-corrected chi connectivity index (χ4v) is 5.62. The lowest BCUT2D eigenvalue weighted by molar-refractivity contribution is -0.135. The molecule has 8 nitrogen and oxygen atoms in total. The van der Waals surface area contributed by atoms with E-state index in [9.17, 15) is 14.4 Å². The van der Waals surface area contributed by atoms with Crippen LogP contribution in [-0.2, 0) is 19.8 Å². The maximum absolute atomic E-state index is 13.5. The van der Waals surface area contributed by atoms with Crippen molar-refractivity contribution >= 4 is 29.1 Å². The summed E-state index contributed by atoms with van der Waals surface area (Å²) >= 11 is 0. The van der Waals surface area contributed by atoms with Gasteiger partial charge in [0.25, 0.3) is 0 Å². The summed E-state index contributed by atoms with van der Waals surface area (Å²) in [7, 11) is 0. The Kier molecular flexibility index (Phi) is 5.45. The van der Waals surface area contributed by atoms with Gasteiger partial charge >= 0.3 is 0 Å². The summed E-state index contributed by atoms with van der Waals surface area (Å²) in [5, 5.41) is 5.77. The van der Waals surface area contributed by atoms with E-state index in [2.05, 4.69) is 26.5 Å². The highest BCUT2D eigenvalue weighted by atomic mass is 16.2. The van der Waals surface area contributed by atoms with Crippen molar-refractivity contribution in [1.29, 1.82) is 0 Å². The Morgan fingerprint density at radius 3 is 2.25 bits per heavy atom. The van der Waals surface area contributed by atoms with Crippen molar-refractivity contribution < 1.29 is 14.4 Å². The summed E-state index contributed by atoms with van der Waals surface area (Å²) in [6, 6.07) is 6.19. The lowest BCUT2D eigenvalue weighted by Gasteiger charge is -2.44. The Morgan fingerprint density at radius 1 is 0.969 bits per heavy atom. The van der Waals surface area contributed by atoms with Crippen molar-refractivity contribution in [3.63, 3.8) is 0 Å². The molecule has 1 unspecified atom stereocenters. The number of carbonyl (C=O) groups is 3. The number of fused-ring (bicyclic) bond motifs is 2. The second-order valence-electron chi connectivity index (χ2n) is 9.23. The highest BCUT2D eigenvalue weighted by Gasteiger charge is 2.62. The van der Waals surface area contributed by atoms with Crippen molar-refractivity contribution in [2.75, 3.05) is 49.1 Å². The number of amides is 3. The topological polar surface area (TPSA) is 85.0 Å². The zero-order chi connectivity index (χ0) is 22.5. The Morgan fingerprint density at radius 2 is 1.66 bits per heavy atom. The van der Waals surface area contributed by atoms with Crippen LogP contribution in [0, 0.1) is 0 Å². The maximum Gasteiger partial charge on any atom is 0.249 e. The second kappa shape index (κ2) is 8.15. The summed E-state index contributed by atoms with van der Waals surface area (Å²) in [4.78, 5) is 44.4. The van der Waals surface area contributed by atoms with Gasteiger partial charge in [-0.2, -0.15) is 0 Å². The highest BCUT2D eigenvalue weighted by Crippen LogP contribution is 2.60. The van der Waals surface area contributed by atoms with Gasteiger partial charge in [0, 0.05) is 63.0 Å². The third kappa shape index (κ3) is 3.23. The summed E-state index contributed by atoms with van der Waals surface area (Å²) in [6.07, 6.45) is 2.35. The molecular weight excluding hydrogens is 406 g/mol. The van der Waals surface area contributed by atoms with Crippen LogP contribution in [0.3, 0.4) is 0 Å². The Balaban J connectivity index is 0.00000105. The quantitative estimate of drug-likeness (QED) is 0.684. The van der Waals surface area contributed by atoms with E-state index in [1.54, 1.807) is 4.90 Å². The third-order valence-electron chi connectivity index (χ3n) is 7.59. The molecule has 4 aliphatic heterocycles. The number of hydrogen-bond acceptors (Lipinski definition) is 6. The molecule has 4 heterocycles. The third-order valence-corrected chi connectivity index (χ3v) is 7.59. The van der Waals surface area contributed by atoms with E-state index in [-0.39, 0.29) is 24.1 Å². The van der Waals surface area contributed by atoms with E-state index in [4.69, 9.17) is 0 Å². The molecule has 8 heteroatoms. The van der Waals surface area contributed by atoms with Gasteiger partial charge in [0.05, 0.1) is 11.1 Å². The minimum absolute atomic E-state index is 0.0404. The van der Waals surface area contributed by atoms with E-state index in [0.717, 1.165) is 69.0 Å². The zero-order valence-corrected chi connectivity index (χ0v) is 19.0. The number of piperidine rings is 1. The molecule has 4 fully saturated rings. The first-order chi connectivity index (χ1) is 15.6. The number of rotatable bonds is 3. The number of carbonyl (C=O) groups excluding carboxylic acids is 3. The molecule has 6 rings (SSSR count). The molecule has 1 aliphatic carbocycles. The van der Waals surface area contributed by atoms with Gasteiger partial charge in [-0.1, -0.05) is 19.9 Å². The van der Waals surface area contributed by atoms with Gasteiger partial charge in [0.2, 0.25) is 17.7 Å². The second-order valence-corrected chi connectivity index (χ2v) is 9.23. The first-order valence-corrected chi connectivity index (χ1v) is 12.1. The van der Waals surface area contributed by atoms with Crippen LogP contribution in [-0.4, -0.2) is 74.0 Å². The van der Waals surface area contributed by atoms with Crippen LogP contribution < -0.4 is 20.4 Å². The van der Waals surface area contributed by atoms with E-state index in [0.29, 0.717) is 12.5 Å². The molecule has 5 aliphatic rings. The molecule has 3 amide bonds. The Hall–Kier alpha value is -2.45. The largest absolute Gasteiger partial charge is 0.369 e. The summed E-state index contributed by atoms with van der Waals surface area (Å²) in [5.74, 6) is -0.562. The van der Waals surface area contributed by atoms with Crippen LogP contribution in [0.2, 0.25) is 0 Å². The van der Waals surface area contributed by atoms with Crippen LogP contribution in [0.25, 0.3) is 0 Å². The van der Waals surface area contributed by atoms with E-state index >= 15 is 0 Å². The number of anilines is 2. The lowest BCUT2D eigenvalue weighted by atomic mass is 9.95. The number of piperazine rings is 1. The van der Waals surface area contributed by atoms with Crippen LogP contribution >= 0.6 is 0 Å². The Labute approximate surface area is 189 Å². The molecular formula is C24H33N5O3. The molecule has 172 valence electrons. The molecule has 1 aromatic rings. The van der Waals surface area contributed by atoms with Gasteiger partial charge in [-0.05, 0) is 31.4 Å². The molecule has 1 atom stereocenters. The number of imide groups is 1. The number of nitrogens with one attached hydrogen (secondary N) is 2. The van der Waals surface area contributed by atoms with Gasteiger partial charge in [-0.15, -0.1) is 0 Å². The normalized spacial score (nSPS) is 26.9. The number of hydrogen-bond donors (Lipinski definition) is 2. The maximum atomic E-state index is 13.5. The van der Waals surface area contributed by atoms with Crippen molar-refractivity contribution in [2.45, 2.75) is 57.0 Å². The number of benzene rings is 1. The van der Waals surface area contributed by atoms with E-state index < -0.39 is 11.5 Å². The lowest BCUT2D eigenvalue weighted by Crippen LogP contribution is -2.61. The molecule has 0 aromatic heterocycles. The molecule has 3 saturated heterocycles. The molecule has 1 spiro atoms. The van der Waals surface area contributed by atoms with Gasteiger partial charge in [-0.3, -0.25) is 29.5 Å². The van der Waals surface area contributed by atoms with Crippen molar-refractivity contribution in [2.24, 2.45) is 0 Å². The molecule has 2 N–H and O–H groups in total.